The van der Waals surface area contributed by atoms with Crippen LogP contribution in [-0.2, 0) is 6.54 Å². The minimum atomic E-state index is -0.212. The van der Waals surface area contributed by atoms with E-state index in [2.05, 4.69) is 24.0 Å². The molecule has 2 aromatic carbocycles. The molecular weight excluding hydrogens is 251 g/mol. The van der Waals surface area contributed by atoms with Crippen molar-refractivity contribution in [1.82, 2.24) is 4.90 Å². The standard InChI is InChI=1S/C17H21FN2/c1-2-20(13-14-6-4-3-5-7-14)17(12-19)15-8-10-16(18)11-9-15/h3-11,17H,2,12-13,19H2,1H3. The van der Waals surface area contributed by atoms with Gasteiger partial charge in [0.25, 0.3) is 0 Å². The van der Waals surface area contributed by atoms with E-state index in [9.17, 15) is 4.39 Å². The summed E-state index contributed by atoms with van der Waals surface area (Å²) in [6.07, 6.45) is 0. The average Bonchev–Trinajstić information content (AvgIpc) is 2.49. The summed E-state index contributed by atoms with van der Waals surface area (Å²) in [5.74, 6) is -0.212. The van der Waals surface area contributed by atoms with E-state index < -0.39 is 0 Å². The van der Waals surface area contributed by atoms with Gasteiger partial charge < -0.3 is 5.73 Å². The normalized spacial score (nSPS) is 12.6. The number of likely N-dealkylation sites (N-methyl/N-ethyl adjacent to an activating group) is 1. The number of hydrogen-bond donors (Lipinski definition) is 1. The fraction of sp³-hybridized carbons (Fsp3) is 0.294. The maximum atomic E-state index is 13.0. The van der Waals surface area contributed by atoms with Gasteiger partial charge in [-0.05, 0) is 29.8 Å². The van der Waals surface area contributed by atoms with Crippen molar-refractivity contribution in [3.63, 3.8) is 0 Å². The SMILES string of the molecule is CCN(Cc1ccccc1)C(CN)c1ccc(F)cc1. The summed E-state index contributed by atoms with van der Waals surface area (Å²) < 4.78 is 13.0. The number of nitrogens with zero attached hydrogens (tertiary/aromatic N) is 1. The Bertz CT molecular complexity index is 510. The minimum Gasteiger partial charge on any atom is -0.329 e. The highest BCUT2D eigenvalue weighted by molar-refractivity contribution is 5.21. The van der Waals surface area contributed by atoms with Crippen molar-refractivity contribution in [2.75, 3.05) is 13.1 Å². The average molecular weight is 272 g/mol. The molecule has 0 aliphatic rings. The fourth-order valence-corrected chi connectivity index (χ4v) is 2.44. The molecule has 2 nitrogen and oxygen atoms in total. The summed E-state index contributed by atoms with van der Waals surface area (Å²) >= 11 is 0. The van der Waals surface area contributed by atoms with Crippen molar-refractivity contribution in [3.05, 3.63) is 71.5 Å². The van der Waals surface area contributed by atoms with Gasteiger partial charge in [-0.2, -0.15) is 0 Å². The van der Waals surface area contributed by atoms with Crippen LogP contribution >= 0.6 is 0 Å². The third-order valence-electron chi connectivity index (χ3n) is 3.55. The molecule has 0 fully saturated rings. The Kier molecular flexibility index (Phi) is 5.27. The second-order valence-electron chi connectivity index (χ2n) is 4.85. The smallest absolute Gasteiger partial charge is 0.123 e. The highest BCUT2D eigenvalue weighted by atomic mass is 19.1. The van der Waals surface area contributed by atoms with E-state index >= 15 is 0 Å². The van der Waals surface area contributed by atoms with E-state index in [-0.39, 0.29) is 11.9 Å². The Labute approximate surface area is 120 Å². The van der Waals surface area contributed by atoms with Crippen molar-refractivity contribution in [2.24, 2.45) is 5.73 Å². The molecule has 1 atom stereocenters. The molecule has 0 aromatic heterocycles. The molecule has 20 heavy (non-hydrogen) atoms. The molecule has 3 heteroatoms. The third-order valence-corrected chi connectivity index (χ3v) is 3.55. The van der Waals surface area contributed by atoms with Gasteiger partial charge in [-0.3, -0.25) is 4.90 Å². The van der Waals surface area contributed by atoms with E-state index in [4.69, 9.17) is 5.73 Å². The molecule has 0 heterocycles. The summed E-state index contributed by atoms with van der Waals surface area (Å²) in [7, 11) is 0. The van der Waals surface area contributed by atoms with Gasteiger partial charge in [-0.15, -0.1) is 0 Å². The van der Waals surface area contributed by atoms with Gasteiger partial charge in [0.15, 0.2) is 0 Å². The van der Waals surface area contributed by atoms with Crippen LogP contribution in [0.5, 0.6) is 0 Å². The second kappa shape index (κ2) is 7.17. The maximum Gasteiger partial charge on any atom is 0.123 e. The first-order valence-electron chi connectivity index (χ1n) is 6.98. The summed E-state index contributed by atoms with van der Waals surface area (Å²) in [5, 5.41) is 0. The van der Waals surface area contributed by atoms with Crippen molar-refractivity contribution < 1.29 is 4.39 Å². The number of benzene rings is 2. The zero-order valence-corrected chi connectivity index (χ0v) is 11.8. The monoisotopic (exact) mass is 272 g/mol. The highest BCUT2D eigenvalue weighted by Gasteiger charge is 2.17. The van der Waals surface area contributed by atoms with Crippen molar-refractivity contribution in [1.29, 1.82) is 0 Å². The summed E-state index contributed by atoms with van der Waals surface area (Å²) in [4.78, 5) is 2.31. The predicted molar refractivity (Wildman–Crippen MR) is 80.7 cm³/mol. The van der Waals surface area contributed by atoms with E-state index in [0.29, 0.717) is 6.54 Å². The lowest BCUT2D eigenvalue weighted by molar-refractivity contribution is 0.203. The van der Waals surface area contributed by atoms with Gasteiger partial charge in [0, 0.05) is 19.1 Å². The summed E-state index contributed by atoms with van der Waals surface area (Å²) in [6.45, 7) is 4.38. The lowest BCUT2D eigenvalue weighted by Crippen LogP contribution is -2.33. The summed E-state index contributed by atoms with van der Waals surface area (Å²) in [6, 6.07) is 17.1. The van der Waals surface area contributed by atoms with Crippen molar-refractivity contribution in [2.45, 2.75) is 19.5 Å². The third kappa shape index (κ3) is 3.65. The van der Waals surface area contributed by atoms with Gasteiger partial charge in [0.2, 0.25) is 0 Å². The molecule has 0 aliphatic carbocycles. The van der Waals surface area contributed by atoms with Crippen molar-refractivity contribution in [3.8, 4) is 0 Å². The van der Waals surface area contributed by atoms with Crippen LogP contribution in [0.1, 0.15) is 24.1 Å². The molecule has 106 valence electrons. The van der Waals surface area contributed by atoms with Gasteiger partial charge in [-0.1, -0.05) is 49.4 Å². The van der Waals surface area contributed by atoms with Gasteiger partial charge in [-0.25, -0.2) is 4.39 Å². The Morgan fingerprint density at radius 1 is 1.05 bits per heavy atom. The Hall–Kier alpha value is -1.71. The molecule has 0 saturated carbocycles. The van der Waals surface area contributed by atoms with Crippen LogP contribution in [0.15, 0.2) is 54.6 Å². The lowest BCUT2D eigenvalue weighted by Gasteiger charge is -2.30. The van der Waals surface area contributed by atoms with Crippen LogP contribution in [0.3, 0.4) is 0 Å². The predicted octanol–water partition coefficient (Wildman–Crippen LogP) is 3.35. The van der Waals surface area contributed by atoms with Crippen LogP contribution in [0, 0.1) is 5.82 Å². The largest absolute Gasteiger partial charge is 0.329 e. The Morgan fingerprint density at radius 3 is 2.25 bits per heavy atom. The zero-order valence-electron chi connectivity index (χ0n) is 11.8. The number of hydrogen-bond acceptors (Lipinski definition) is 2. The molecule has 2 rings (SSSR count). The van der Waals surface area contributed by atoms with Crippen LogP contribution in [0.2, 0.25) is 0 Å². The van der Waals surface area contributed by atoms with E-state index in [1.54, 1.807) is 0 Å². The topological polar surface area (TPSA) is 29.3 Å². The van der Waals surface area contributed by atoms with Crippen LogP contribution in [-0.4, -0.2) is 18.0 Å². The second-order valence-corrected chi connectivity index (χ2v) is 4.85. The van der Waals surface area contributed by atoms with Crippen LogP contribution < -0.4 is 5.73 Å². The first-order chi connectivity index (χ1) is 9.74. The lowest BCUT2D eigenvalue weighted by atomic mass is 10.0. The van der Waals surface area contributed by atoms with E-state index in [1.807, 2.05) is 30.3 Å². The molecule has 0 bridgehead atoms. The van der Waals surface area contributed by atoms with Gasteiger partial charge in [0.05, 0.1) is 0 Å². The molecule has 0 radical (unpaired) electrons. The number of rotatable bonds is 6. The van der Waals surface area contributed by atoms with Crippen molar-refractivity contribution >= 4 is 0 Å². The quantitative estimate of drug-likeness (QED) is 0.874. The first kappa shape index (κ1) is 14.7. The highest BCUT2D eigenvalue weighted by Crippen LogP contribution is 2.22. The first-order valence-corrected chi connectivity index (χ1v) is 6.98. The van der Waals surface area contributed by atoms with Gasteiger partial charge >= 0.3 is 0 Å². The van der Waals surface area contributed by atoms with Gasteiger partial charge in [0.1, 0.15) is 5.82 Å². The zero-order chi connectivity index (χ0) is 14.4. The molecule has 0 saturated heterocycles. The molecule has 1 unspecified atom stereocenters. The Balaban J connectivity index is 2.17. The van der Waals surface area contributed by atoms with E-state index in [1.165, 1.54) is 17.7 Å². The molecule has 0 aliphatic heterocycles. The summed E-state index contributed by atoms with van der Waals surface area (Å²) in [5.41, 5.74) is 8.26. The number of nitrogens with two attached hydrogens (primary N) is 1. The number of halogens is 1. The minimum absolute atomic E-state index is 0.112. The molecule has 0 amide bonds. The fourth-order valence-electron chi connectivity index (χ4n) is 2.44. The molecule has 2 aromatic rings. The molecule has 0 spiro atoms. The molecular formula is C17H21FN2. The van der Waals surface area contributed by atoms with Crippen LogP contribution in [0.25, 0.3) is 0 Å². The maximum absolute atomic E-state index is 13.0. The molecule has 2 N–H and O–H groups in total. The van der Waals surface area contributed by atoms with Crippen LogP contribution in [0.4, 0.5) is 4.39 Å². The van der Waals surface area contributed by atoms with E-state index in [0.717, 1.165) is 18.7 Å². The Morgan fingerprint density at radius 2 is 1.70 bits per heavy atom.